The molecule has 15 heteroatoms. The molecule has 0 heterocycles. The maximum absolute atomic E-state index is 13.6. The van der Waals surface area contributed by atoms with E-state index in [9.17, 15) is 40.3 Å². The molecule has 37 heavy (non-hydrogen) atoms. The van der Waals surface area contributed by atoms with Crippen LogP contribution in [-0.2, 0) is 4.79 Å². The Kier molecular flexibility index (Phi) is 8.34. The maximum atomic E-state index is 13.6. The number of halogens is 12. The van der Waals surface area contributed by atoms with Crippen LogP contribution in [0.3, 0.4) is 0 Å². The van der Waals surface area contributed by atoms with Crippen LogP contribution >= 0.6 is 58.0 Å². The van der Waals surface area contributed by atoms with Crippen molar-refractivity contribution in [2.75, 3.05) is 5.32 Å². The van der Waals surface area contributed by atoms with Crippen LogP contribution in [-0.4, -0.2) is 34.0 Å². The van der Waals surface area contributed by atoms with E-state index in [0.29, 0.717) is 5.56 Å². The lowest BCUT2D eigenvalue weighted by atomic mass is 10.00. The molecule has 202 valence electrons. The first-order valence-corrected chi connectivity index (χ1v) is 12.0. The second-order valence-electron chi connectivity index (χ2n) is 8.22. The molecule has 2 aromatic carbocycles. The summed E-state index contributed by atoms with van der Waals surface area (Å²) in [5, 5.41) is 2.67. The van der Waals surface area contributed by atoms with Crippen molar-refractivity contribution >= 4 is 75.4 Å². The van der Waals surface area contributed by atoms with Gasteiger partial charge in [-0.1, -0.05) is 34.8 Å². The van der Waals surface area contributed by atoms with E-state index in [2.05, 4.69) is 5.32 Å². The van der Waals surface area contributed by atoms with Crippen molar-refractivity contribution in [3.63, 3.8) is 0 Å². The van der Waals surface area contributed by atoms with Crippen molar-refractivity contribution in [1.82, 2.24) is 0 Å². The smallest absolute Gasteiger partial charge is 0.326 e. The summed E-state index contributed by atoms with van der Waals surface area (Å²) in [7, 11) is 0. The second kappa shape index (κ2) is 10.3. The van der Waals surface area contributed by atoms with Crippen molar-refractivity contribution in [1.29, 1.82) is 0 Å². The zero-order chi connectivity index (χ0) is 28.1. The number of rotatable bonds is 8. The first kappa shape index (κ1) is 30.1. The number of benzene rings is 2. The molecule has 0 spiro atoms. The van der Waals surface area contributed by atoms with E-state index in [1.807, 2.05) is 0 Å². The van der Waals surface area contributed by atoms with E-state index in [0.717, 1.165) is 12.1 Å². The van der Waals surface area contributed by atoms with Gasteiger partial charge in [-0.2, -0.15) is 30.7 Å². The molecule has 1 N–H and O–H groups in total. The van der Waals surface area contributed by atoms with Crippen LogP contribution in [0.2, 0.25) is 15.1 Å². The van der Waals surface area contributed by atoms with Gasteiger partial charge in [-0.05, 0) is 42.0 Å². The van der Waals surface area contributed by atoms with Crippen LogP contribution < -0.4 is 5.32 Å². The third-order valence-electron chi connectivity index (χ3n) is 5.60. The Hall–Kier alpha value is -1.46. The number of hydrogen-bond acceptors (Lipinski definition) is 2. The van der Waals surface area contributed by atoms with E-state index >= 15 is 0 Å². The predicted molar refractivity (Wildman–Crippen MR) is 127 cm³/mol. The molecule has 0 saturated heterocycles. The lowest BCUT2D eigenvalue weighted by Gasteiger charge is -2.28. The molecule has 3 rings (SSSR count). The van der Waals surface area contributed by atoms with Gasteiger partial charge in [0, 0.05) is 40.1 Å². The van der Waals surface area contributed by atoms with Gasteiger partial charge in [-0.3, -0.25) is 9.59 Å². The molecule has 0 aromatic heterocycles. The lowest BCUT2D eigenvalue weighted by Crippen LogP contribution is -2.52. The summed E-state index contributed by atoms with van der Waals surface area (Å²) in [6, 6.07) is 7.79. The largest absolute Gasteiger partial charge is 0.459 e. The molecule has 2 aromatic rings. The molecule has 1 saturated carbocycles. The third kappa shape index (κ3) is 6.08. The molecule has 0 radical (unpaired) electrons. The van der Waals surface area contributed by atoms with Gasteiger partial charge >= 0.3 is 18.0 Å². The molecule has 1 fully saturated rings. The Morgan fingerprint density at radius 1 is 0.892 bits per heavy atom. The number of hydrogen-bond donors (Lipinski definition) is 1. The average molecular weight is 634 g/mol. The summed E-state index contributed by atoms with van der Waals surface area (Å²) in [6.45, 7) is 0. The Morgan fingerprint density at radius 2 is 1.46 bits per heavy atom. The second-order valence-corrected chi connectivity index (χ2v) is 10.9. The number of ketones is 1. The van der Waals surface area contributed by atoms with E-state index in [1.54, 1.807) is 0 Å². The minimum atomic E-state index is -6.52. The number of alkyl halides is 9. The highest BCUT2D eigenvalue weighted by Crippen LogP contribution is 2.65. The van der Waals surface area contributed by atoms with Crippen molar-refractivity contribution in [2.45, 2.75) is 41.1 Å². The number of Topliss-reactive ketones (excluding diaryl/α,β-unsaturated/α-hetero) is 1. The Balaban J connectivity index is 1.74. The molecule has 2 atom stereocenters. The Bertz CT molecular complexity index is 1220. The fourth-order valence-electron chi connectivity index (χ4n) is 3.63. The standard InChI is InChI=1S/C22H13Cl5F7NO2/c23-10-5-9(6-11(24)7-10)16-17(20(16,26)27)18(37)35-12-1-2-14(25)13(8-12)15(36)3-4-19(28,29)21(30,31)22(32,33)34/h1-2,5-8,16-17H,3-4H2,(H,35,37). The Labute approximate surface area is 230 Å². The molecule has 0 bridgehead atoms. The normalized spacial score (nSPS) is 19.5. The summed E-state index contributed by atoms with van der Waals surface area (Å²) in [6.07, 6.45) is -10.0. The van der Waals surface area contributed by atoms with E-state index in [-0.39, 0.29) is 20.8 Å². The highest BCUT2D eigenvalue weighted by molar-refractivity contribution is 6.53. The number of amides is 1. The van der Waals surface area contributed by atoms with Crippen molar-refractivity contribution < 1.29 is 40.3 Å². The Morgan fingerprint density at radius 3 is 2.00 bits per heavy atom. The van der Waals surface area contributed by atoms with Gasteiger partial charge in [0.05, 0.1) is 10.9 Å². The van der Waals surface area contributed by atoms with Gasteiger partial charge in [-0.15, -0.1) is 23.2 Å². The van der Waals surface area contributed by atoms with Crippen molar-refractivity contribution in [3.05, 3.63) is 62.6 Å². The zero-order valence-corrected chi connectivity index (χ0v) is 21.7. The molecular weight excluding hydrogens is 620 g/mol. The van der Waals surface area contributed by atoms with Crippen LogP contribution in [0, 0.1) is 5.92 Å². The topological polar surface area (TPSA) is 46.2 Å². The van der Waals surface area contributed by atoms with Crippen LogP contribution in [0.5, 0.6) is 0 Å². The summed E-state index contributed by atoms with van der Waals surface area (Å²) < 4.78 is 88.7. The monoisotopic (exact) mass is 631 g/mol. The molecular formula is C22H13Cl5F7NO2. The van der Waals surface area contributed by atoms with Gasteiger partial charge in [0.25, 0.3) is 0 Å². The fourth-order valence-corrected chi connectivity index (χ4v) is 5.22. The first-order valence-electron chi connectivity index (χ1n) is 10.1. The van der Waals surface area contributed by atoms with Gasteiger partial charge < -0.3 is 5.32 Å². The number of carbonyl (C=O) groups is 2. The van der Waals surface area contributed by atoms with Crippen LogP contribution in [0.1, 0.15) is 34.7 Å². The minimum Gasteiger partial charge on any atom is -0.326 e. The van der Waals surface area contributed by atoms with Gasteiger partial charge in [-0.25, -0.2) is 0 Å². The SMILES string of the molecule is O=C(CCC(F)(F)C(F)(F)C(F)(F)F)c1cc(NC(=O)C2C(c3cc(Cl)cc(Cl)c3)C2(Cl)Cl)ccc1Cl. The van der Waals surface area contributed by atoms with E-state index < -0.39 is 64.3 Å². The molecule has 1 aliphatic carbocycles. The highest BCUT2D eigenvalue weighted by atomic mass is 35.5. The zero-order valence-electron chi connectivity index (χ0n) is 17.9. The summed E-state index contributed by atoms with van der Waals surface area (Å²) in [5.74, 6) is -15.6. The minimum absolute atomic E-state index is 0.0657. The maximum Gasteiger partial charge on any atom is 0.459 e. The number of anilines is 1. The predicted octanol–water partition coefficient (Wildman–Crippen LogP) is 8.97. The van der Waals surface area contributed by atoms with E-state index in [1.165, 1.54) is 24.3 Å². The molecule has 1 amide bonds. The van der Waals surface area contributed by atoms with Gasteiger partial charge in [0.2, 0.25) is 5.91 Å². The molecule has 2 unspecified atom stereocenters. The van der Waals surface area contributed by atoms with Crippen LogP contribution in [0.25, 0.3) is 0 Å². The summed E-state index contributed by atoms with van der Waals surface area (Å²) >= 11 is 30.4. The fraction of sp³-hybridized carbons (Fsp3) is 0.364. The highest BCUT2D eigenvalue weighted by Gasteiger charge is 2.72. The molecule has 0 aliphatic heterocycles. The molecule has 1 aliphatic rings. The van der Waals surface area contributed by atoms with Gasteiger partial charge in [0.15, 0.2) is 5.78 Å². The molecule has 3 nitrogen and oxygen atoms in total. The van der Waals surface area contributed by atoms with Crippen LogP contribution in [0.4, 0.5) is 36.4 Å². The lowest BCUT2D eigenvalue weighted by molar-refractivity contribution is -0.355. The van der Waals surface area contributed by atoms with E-state index in [4.69, 9.17) is 58.0 Å². The van der Waals surface area contributed by atoms with Crippen LogP contribution in [0.15, 0.2) is 36.4 Å². The summed E-state index contributed by atoms with van der Waals surface area (Å²) in [4.78, 5) is 25.2. The van der Waals surface area contributed by atoms with Crippen molar-refractivity contribution in [2.24, 2.45) is 5.92 Å². The first-order chi connectivity index (χ1) is 16.8. The third-order valence-corrected chi connectivity index (χ3v) is 7.30. The number of carbonyl (C=O) groups excluding carboxylic acids is 2. The quantitative estimate of drug-likeness (QED) is 0.179. The summed E-state index contributed by atoms with van der Waals surface area (Å²) in [5.41, 5.74) is -0.0715. The average Bonchev–Trinajstić information content (AvgIpc) is 3.34. The van der Waals surface area contributed by atoms with Crippen molar-refractivity contribution in [3.8, 4) is 0 Å². The van der Waals surface area contributed by atoms with Gasteiger partial charge in [0.1, 0.15) is 4.33 Å². The number of nitrogens with one attached hydrogen (secondary N) is 1.